The van der Waals surface area contributed by atoms with Crippen LogP contribution in [0, 0.1) is 5.41 Å². The van der Waals surface area contributed by atoms with Gasteiger partial charge in [0.15, 0.2) is 0 Å². The van der Waals surface area contributed by atoms with Crippen LogP contribution in [0.25, 0.3) is 11.5 Å². The van der Waals surface area contributed by atoms with E-state index in [4.69, 9.17) is 13.9 Å². The molecule has 198 valence electrons. The number of amides is 1. The predicted molar refractivity (Wildman–Crippen MR) is 129 cm³/mol. The Labute approximate surface area is 213 Å². The van der Waals surface area contributed by atoms with E-state index < -0.39 is 17.5 Å². The Morgan fingerprint density at radius 2 is 1.76 bits per heavy atom. The van der Waals surface area contributed by atoms with Crippen molar-refractivity contribution in [2.24, 2.45) is 5.41 Å². The number of carbonyl (C=O) groups excluding carboxylic acids is 1. The van der Waals surface area contributed by atoms with Crippen LogP contribution in [0.5, 0.6) is 5.75 Å². The van der Waals surface area contributed by atoms with E-state index >= 15 is 0 Å². The highest BCUT2D eigenvalue weighted by molar-refractivity contribution is 5.83. The molecule has 2 aliphatic heterocycles. The number of benzene rings is 2. The lowest BCUT2D eigenvalue weighted by atomic mass is 9.80. The number of fused-ring (bicyclic) bond motifs is 1. The van der Waals surface area contributed by atoms with E-state index in [0.717, 1.165) is 11.1 Å². The van der Waals surface area contributed by atoms with E-state index in [1.165, 1.54) is 0 Å². The number of nitrogens with zero attached hydrogens (tertiary/aromatic N) is 3. The van der Waals surface area contributed by atoms with Crippen LogP contribution < -0.4 is 4.74 Å². The summed E-state index contributed by atoms with van der Waals surface area (Å²) in [5.74, 6) is -1.17. The number of ether oxygens (including phenoxy) is 2. The maximum absolute atomic E-state index is 13.9. The zero-order chi connectivity index (χ0) is 26.6. The third-order valence-corrected chi connectivity index (χ3v) is 6.65. The van der Waals surface area contributed by atoms with Crippen molar-refractivity contribution in [2.75, 3.05) is 19.8 Å². The first kappa shape index (κ1) is 26.7. The summed E-state index contributed by atoms with van der Waals surface area (Å²) in [6.07, 6.45) is -3.46. The molecule has 1 atom stereocenters. The molecule has 10 heteroatoms. The quantitative estimate of drug-likeness (QED) is 0.420. The van der Waals surface area contributed by atoms with E-state index in [0.29, 0.717) is 43.9 Å². The van der Waals surface area contributed by atoms with Crippen LogP contribution in [0.15, 0.2) is 52.9 Å². The number of hydrogen-bond donors (Lipinski definition) is 0. The third-order valence-electron chi connectivity index (χ3n) is 6.65. The largest absolute Gasteiger partial charge is 0.491 e. The molecule has 0 spiro atoms. The number of rotatable bonds is 3. The smallest absolute Gasteiger partial charge is 0.470 e. The minimum Gasteiger partial charge on any atom is -0.491 e. The van der Waals surface area contributed by atoms with Gasteiger partial charge in [0.1, 0.15) is 12.4 Å². The van der Waals surface area contributed by atoms with Crippen LogP contribution in [0.4, 0.5) is 13.2 Å². The predicted octanol–water partition coefficient (Wildman–Crippen LogP) is 6.06. The standard InChI is InChI=1S/C25H24F3N3O4.C2H6/c1-24(9-11-33-12-10-24)23(32)31-14-18-8-7-17(21-29-30-22(35-21)25(26,27)28)13-20(18)34-15-19(31)16-5-3-2-4-6-16;1-2/h2-8,13,19H,9-12,14-15H2,1H3;1-2H3. The third kappa shape index (κ3) is 5.64. The molecular formula is C27H30F3N3O4. The van der Waals surface area contributed by atoms with Gasteiger partial charge in [0.25, 0.3) is 0 Å². The summed E-state index contributed by atoms with van der Waals surface area (Å²) in [5, 5.41) is 6.63. The molecule has 7 nitrogen and oxygen atoms in total. The van der Waals surface area contributed by atoms with Gasteiger partial charge in [-0.25, -0.2) is 0 Å². The van der Waals surface area contributed by atoms with Crippen molar-refractivity contribution in [2.45, 2.75) is 52.4 Å². The molecule has 2 aliphatic rings. The maximum Gasteiger partial charge on any atom is 0.470 e. The molecule has 0 saturated carbocycles. The van der Waals surface area contributed by atoms with Gasteiger partial charge in [0.2, 0.25) is 11.8 Å². The Balaban J connectivity index is 0.00000156. The minimum absolute atomic E-state index is 0.0295. The number of carbonyl (C=O) groups is 1. The second-order valence-electron chi connectivity index (χ2n) is 9.08. The fraction of sp³-hybridized carbons (Fsp3) is 0.444. The monoisotopic (exact) mass is 517 g/mol. The zero-order valence-corrected chi connectivity index (χ0v) is 21.0. The fourth-order valence-corrected chi connectivity index (χ4v) is 4.51. The molecule has 3 aromatic rings. The first-order valence-electron chi connectivity index (χ1n) is 12.4. The molecule has 1 fully saturated rings. The molecule has 0 bridgehead atoms. The van der Waals surface area contributed by atoms with Crippen molar-refractivity contribution in [3.8, 4) is 17.2 Å². The Morgan fingerprint density at radius 3 is 2.41 bits per heavy atom. The molecule has 0 N–H and O–H groups in total. The van der Waals surface area contributed by atoms with Gasteiger partial charge < -0.3 is 18.8 Å². The lowest BCUT2D eigenvalue weighted by Crippen LogP contribution is -2.47. The van der Waals surface area contributed by atoms with Crippen LogP contribution in [-0.4, -0.2) is 40.8 Å². The molecule has 1 amide bonds. The fourth-order valence-electron chi connectivity index (χ4n) is 4.51. The summed E-state index contributed by atoms with van der Waals surface area (Å²) in [6.45, 7) is 7.53. The SMILES string of the molecule is CC.CC1(C(=O)N2Cc3ccc(-c4nnc(C(F)(F)F)o4)cc3OCC2c2ccccc2)CCOCC1. The molecule has 2 aromatic carbocycles. The number of aromatic nitrogens is 2. The summed E-state index contributed by atoms with van der Waals surface area (Å²) >= 11 is 0. The van der Waals surface area contributed by atoms with E-state index in [-0.39, 0.29) is 24.4 Å². The van der Waals surface area contributed by atoms with Gasteiger partial charge in [0.05, 0.1) is 18.0 Å². The molecule has 0 radical (unpaired) electrons. The van der Waals surface area contributed by atoms with Crippen LogP contribution in [-0.2, 0) is 22.3 Å². The molecule has 5 rings (SSSR count). The summed E-state index contributed by atoms with van der Waals surface area (Å²) < 4.78 is 55.1. The van der Waals surface area contributed by atoms with Crippen molar-refractivity contribution in [3.63, 3.8) is 0 Å². The van der Waals surface area contributed by atoms with Gasteiger partial charge >= 0.3 is 12.1 Å². The normalized spacial score (nSPS) is 19.1. The van der Waals surface area contributed by atoms with E-state index in [1.54, 1.807) is 18.2 Å². The number of alkyl halides is 3. The van der Waals surface area contributed by atoms with Gasteiger partial charge in [-0.05, 0) is 30.5 Å². The van der Waals surface area contributed by atoms with Gasteiger partial charge in [-0.1, -0.05) is 57.2 Å². The maximum atomic E-state index is 13.9. The van der Waals surface area contributed by atoms with E-state index in [1.807, 2.05) is 56.0 Å². The Hall–Kier alpha value is -3.40. The average molecular weight is 518 g/mol. The summed E-state index contributed by atoms with van der Waals surface area (Å²) in [7, 11) is 0. The molecule has 1 unspecified atom stereocenters. The molecule has 37 heavy (non-hydrogen) atoms. The Kier molecular flexibility index (Phi) is 7.87. The van der Waals surface area contributed by atoms with Crippen LogP contribution in [0.1, 0.15) is 56.7 Å². The second kappa shape index (κ2) is 10.9. The second-order valence-corrected chi connectivity index (χ2v) is 9.08. The van der Waals surface area contributed by atoms with Gasteiger partial charge in [-0.15, -0.1) is 10.2 Å². The van der Waals surface area contributed by atoms with Gasteiger partial charge in [0, 0.05) is 24.3 Å². The van der Waals surface area contributed by atoms with Crippen molar-refractivity contribution in [1.29, 1.82) is 0 Å². The first-order chi connectivity index (χ1) is 17.7. The lowest BCUT2D eigenvalue weighted by molar-refractivity contribution is -0.157. The Bertz CT molecular complexity index is 1210. The molecule has 3 heterocycles. The number of hydrogen-bond acceptors (Lipinski definition) is 6. The van der Waals surface area contributed by atoms with Crippen molar-refractivity contribution in [3.05, 3.63) is 65.5 Å². The van der Waals surface area contributed by atoms with Crippen LogP contribution in [0.2, 0.25) is 0 Å². The highest BCUT2D eigenvalue weighted by Crippen LogP contribution is 2.40. The number of halogens is 3. The average Bonchev–Trinajstić information content (AvgIpc) is 3.34. The lowest BCUT2D eigenvalue weighted by Gasteiger charge is -2.39. The highest BCUT2D eigenvalue weighted by atomic mass is 19.4. The summed E-state index contributed by atoms with van der Waals surface area (Å²) in [6, 6.07) is 14.2. The van der Waals surface area contributed by atoms with E-state index in [2.05, 4.69) is 10.2 Å². The van der Waals surface area contributed by atoms with E-state index in [9.17, 15) is 18.0 Å². The zero-order valence-electron chi connectivity index (χ0n) is 21.0. The molecular weight excluding hydrogens is 487 g/mol. The van der Waals surface area contributed by atoms with Gasteiger partial charge in [-0.2, -0.15) is 13.2 Å². The highest BCUT2D eigenvalue weighted by Gasteiger charge is 2.42. The molecule has 1 aromatic heterocycles. The van der Waals surface area contributed by atoms with Crippen LogP contribution >= 0.6 is 0 Å². The summed E-state index contributed by atoms with van der Waals surface area (Å²) in [4.78, 5) is 15.7. The van der Waals surface area contributed by atoms with Crippen molar-refractivity contribution < 1.29 is 31.9 Å². The summed E-state index contributed by atoms with van der Waals surface area (Å²) in [5.41, 5.74) is 1.44. The van der Waals surface area contributed by atoms with Crippen molar-refractivity contribution >= 4 is 5.91 Å². The minimum atomic E-state index is -4.72. The van der Waals surface area contributed by atoms with Crippen LogP contribution in [0.3, 0.4) is 0 Å². The molecule has 0 aliphatic carbocycles. The van der Waals surface area contributed by atoms with Crippen molar-refractivity contribution in [1.82, 2.24) is 15.1 Å². The first-order valence-corrected chi connectivity index (χ1v) is 12.4. The molecule has 1 saturated heterocycles. The Morgan fingerprint density at radius 1 is 1.05 bits per heavy atom. The van der Waals surface area contributed by atoms with Gasteiger partial charge in [-0.3, -0.25) is 4.79 Å². The topological polar surface area (TPSA) is 77.7 Å².